The lowest BCUT2D eigenvalue weighted by atomic mass is 9.80. The molecule has 1 N–H and O–H groups in total. The molecule has 1 saturated carbocycles. The van der Waals surface area contributed by atoms with Crippen LogP contribution in [0.3, 0.4) is 0 Å². The third kappa shape index (κ3) is 2.74. The minimum atomic E-state index is 0.465. The van der Waals surface area contributed by atoms with Gasteiger partial charge in [0.1, 0.15) is 0 Å². The first-order valence-corrected chi connectivity index (χ1v) is 8.04. The molecule has 0 amide bonds. The molecule has 1 unspecified atom stereocenters. The second-order valence-corrected chi connectivity index (χ2v) is 6.25. The molecule has 0 aromatic heterocycles. The molecule has 2 aliphatic rings. The van der Waals surface area contributed by atoms with Crippen LogP contribution in [0.5, 0.6) is 0 Å². The third-order valence-electron chi connectivity index (χ3n) is 4.69. The van der Waals surface area contributed by atoms with Gasteiger partial charge in [0.2, 0.25) is 0 Å². The second-order valence-electron chi connectivity index (χ2n) is 6.25. The summed E-state index contributed by atoms with van der Waals surface area (Å²) >= 11 is 0. The fourth-order valence-electron chi connectivity index (χ4n) is 3.32. The number of benzene rings is 2. The van der Waals surface area contributed by atoms with Crippen molar-refractivity contribution in [2.24, 2.45) is 0 Å². The van der Waals surface area contributed by atoms with E-state index in [0.29, 0.717) is 12.0 Å². The Morgan fingerprint density at radius 2 is 1.38 bits per heavy atom. The van der Waals surface area contributed by atoms with Gasteiger partial charge in [-0.1, -0.05) is 60.7 Å². The molecule has 1 saturated heterocycles. The zero-order valence-electron chi connectivity index (χ0n) is 12.3. The summed E-state index contributed by atoms with van der Waals surface area (Å²) in [6.07, 6.45) is 3.95. The molecule has 21 heavy (non-hydrogen) atoms. The standard InChI is InChI=1S/C19H22N2/c1-3-7-15(8-4-1)19(16-9-5-2-6-10-16)18-13-14-21(18)20-17-11-12-17/h1-10,17-20H,11-14H2. The average molecular weight is 278 g/mol. The highest BCUT2D eigenvalue weighted by Crippen LogP contribution is 2.37. The molecule has 1 aliphatic heterocycles. The number of hydrogen-bond acceptors (Lipinski definition) is 2. The van der Waals surface area contributed by atoms with E-state index < -0.39 is 0 Å². The molecular formula is C19H22N2. The minimum Gasteiger partial charge on any atom is -0.252 e. The van der Waals surface area contributed by atoms with Gasteiger partial charge in [0.25, 0.3) is 0 Å². The lowest BCUT2D eigenvalue weighted by molar-refractivity contribution is 0.0190. The molecule has 1 aliphatic carbocycles. The van der Waals surface area contributed by atoms with Crippen molar-refractivity contribution in [2.45, 2.75) is 37.3 Å². The van der Waals surface area contributed by atoms with E-state index in [1.54, 1.807) is 0 Å². The van der Waals surface area contributed by atoms with Crippen LogP contribution in [0.15, 0.2) is 60.7 Å². The maximum absolute atomic E-state index is 3.69. The predicted molar refractivity (Wildman–Crippen MR) is 86.0 cm³/mol. The molecule has 0 bridgehead atoms. The van der Waals surface area contributed by atoms with Crippen molar-refractivity contribution in [3.63, 3.8) is 0 Å². The molecule has 1 heterocycles. The number of nitrogens with one attached hydrogen (secondary N) is 1. The Morgan fingerprint density at radius 3 is 1.81 bits per heavy atom. The summed E-state index contributed by atoms with van der Waals surface area (Å²) in [4.78, 5) is 0. The van der Waals surface area contributed by atoms with E-state index in [1.807, 2.05) is 0 Å². The van der Waals surface area contributed by atoms with Gasteiger partial charge in [-0.3, -0.25) is 5.43 Å². The molecule has 2 heteroatoms. The molecule has 4 rings (SSSR count). The summed E-state index contributed by atoms with van der Waals surface area (Å²) in [5, 5.41) is 2.47. The van der Waals surface area contributed by atoms with Crippen LogP contribution >= 0.6 is 0 Å². The first-order valence-electron chi connectivity index (χ1n) is 8.04. The van der Waals surface area contributed by atoms with Gasteiger partial charge in [-0.25, -0.2) is 5.01 Å². The Morgan fingerprint density at radius 1 is 0.810 bits per heavy atom. The number of hydrazine groups is 1. The van der Waals surface area contributed by atoms with Gasteiger partial charge in [-0.2, -0.15) is 0 Å². The first-order chi connectivity index (χ1) is 10.4. The van der Waals surface area contributed by atoms with E-state index in [0.717, 1.165) is 6.04 Å². The Hall–Kier alpha value is -1.64. The topological polar surface area (TPSA) is 15.3 Å². The van der Waals surface area contributed by atoms with Crippen LogP contribution in [0.2, 0.25) is 0 Å². The van der Waals surface area contributed by atoms with Crippen LogP contribution in [0.4, 0.5) is 0 Å². The summed E-state index contributed by atoms with van der Waals surface area (Å²) in [5.74, 6) is 0.465. The quantitative estimate of drug-likeness (QED) is 0.899. The molecule has 0 spiro atoms. The Balaban J connectivity index is 1.63. The maximum Gasteiger partial charge on any atom is 0.0365 e. The van der Waals surface area contributed by atoms with Crippen molar-refractivity contribution < 1.29 is 0 Å². The van der Waals surface area contributed by atoms with Gasteiger partial charge in [0, 0.05) is 24.5 Å². The van der Waals surface area contributed by atoms with E-state index in [9.17, 15) is 0 Å². The van der Waals surface area contributed by atoms with Gasteiger partial charge in [-0.05, 0) is 30.4 Å². The summed E-state index contributed by atoms with van der Waals surface area (Å²) < 4.78 is 0. The van der Waals surface area contributed by atoms with Gasteiger partial charge in [0.15, 0.2) is 0 Å². The summed E-state index contributed by atoms with van der Waals surface area (Å²) in [6, 6.07) is 23.2. The van der Waals surface area contributed by atoms with Gasteiger partial charge in [0.05, 0.1) is 0 Å². The highest BCUT2D eigenvalue weighted by atomic mass is 15.6. The monoisotopic (exact) mass is 278 g/mol. The van der Waals surface area contributed by atoms with E-state index in [4.69, 9.17) is 0 Å². The molecular weight excluding hydrogens is 256 g/mol. The molecule has 108 valence electrons. The van der Waals surface area contributed by atoms with Crippen molar-refractivity contribution in [1.29, 1.82) is 0 Å². The van der Waals surface area contributed by atoms with Crippen LogP contribution in [-0.2, 0) is 0 Å². The Bertz CT molecular complexity index is 538. The SMILES string of the molecule is c1ccc(C(c2ccccc2)C2CCN2NC2CC2)cc1. The number of rotatable bonds is 5. The van der Waals surface area contributed by atoms with Crippen LogP contribution < -0.4 is 5.43 Å². The van der Waals surface area contributed by atoms with Crippen molar-refractivity contribution in [2.75, 3.05) is 6.54 Å². The van der Waals surface area contributed by atoms with Gasteiger partial charge >= 0.3 is 0 Å². The second kappa shape index (κ2) is 5.63. The molecule has 2 nitrogen and oxygen atoms in total. The van der Waals surface area contributed by atoms with Gasteiger partial charge in [-0.15, -0.1) is 0 Å². The third-order valence-corrected chi connectivity index (χ3v) is 4.69. The predicted octanol–water partition coefficient (Wildman–Crippen LogP) is 3.56. The van der Waals surface area contributed by atoms with Crippen LogP contribution in [0, 0.1) is 0 Å². The fraction of sp³-hybridized carbons (Fsp3) is 0.368. The smallest absolute Gasteiger partial charge is 0.0365 e. The molecule has 2 aromatic rings. The summed E-state index contributed by atoms with van der Waals surface area (Å²) in [5.41, 5.74) is 6.55. The zero-order chi connectivity index (χ0) is 14.1. The maximum atomic E-state index is 3.69. The molecule has 2 aromatic carbocycles. The zero-order valence-corrected chi connectivity index (χ0v) is 12.3. The van der Waals surface area contributed by atoms with E-state index in [2.05, 4.69) is 71.1 Å². The lowest BCUT2D eigenvalue weighted by Crippen LogP contribution is -2.58. The minimum absolute atomic E-state index is 0.465. The normalized spacial score (nSPS) is 22.2. The Kier molecular flexibility index (Phi) is 3.50. The van der Waals surface area contributed by atoms with E-state index in [1.165, 1.54) is 36.9 Å². The molecule has 1 atom stereocenters. The van der Waals surface area contributed by atoms with Crippen molar-refractivity contribution in [3.05, 3.63) is 71.8 Å². The van der Waals surface area contributed by atoms with Crippen molar-refractivity contribution >= 4 is 0 Å². The fourth-order valence-corrected chi connectivity index (χ4v) is 3.32. The molecule has 0 radical (unpaired) electrons. The highest BCUT2D eigenvalue weighted by Gasteiger charge is 2.38. The number of hydrogen-bond donors (Lipinski definition) is 1. The van der Waals surface area contributed by atoms with Crippen molar-refractivity contribution in [1.82, 2.24) is 10.4 Å². The highest BCUT2D eigenvalue weighted by molar-refractivity contribution is 5.35. The van der Waals surface area contributed by atoms with E-state index in [-0.39, 0.29) is 0 Å². The largest absolute Gasteiger partial charge is 0.252 e. The van der Waals surface area contributed by atoms with Crippen molar-refractivity contribution in [3.8, 4) is 0 Å². The average Bonchev–Trinajstić information content (AvgIpc) is 3.35. The van der Waals surface area contributed by atoms with Crippen LogP contribution in [0.1, 0.15) is 36.3 Å². The van der Waals surface area contributed by atoms with Gasteiger partial charge < -0.3 is 0 Å². The molecule has 2 fully saturated rings. The van der Waals surface area contributed by atoms with Crippen LogP contribution in [0.25, 0.3) is 0 Å². The Labute approximate surface area is 126 Å². The summed E-state index contributed by atoms with van der Waals surface area (Å²) in [6.45, 7) is 1.18. The first kappa shape index (κ1) is 13.1. The van der Waals surface area contributed by atoms with E-state index >= 15 is 0 Å². The number of nitrogens with zero attached hydrogens (tertiary/aromatic N) is 1. The summed E-state index contributed by atoms with van der Waals surface area (Å²) in [7, 11) is 0. The lowest BCUT2D eigenvalue weighted by Gasteiger charge is -2.46. The van der Waals surface area contributed by atoms with Crippen LogP contribution in [-0.4, -0.2) is 23.6 Å².